The maximum Gasteiger partial charge on any atom is 0.244 e. The molecule has 2 rings (SSSR count). The van der Waals surface area contributed by atoms with Crippen LogP contribution in [0.15, 0.2) is 17.3 Å². The molecule has 0 spiro atoms. The van der Waals surface area contributed by atoms with Crippen LogP contribution in [0.2, 0.25) is 0 Å². The predicted octanol–water partition coefficient (Wildman–Crippen LogP) is -1.27. The summed E-state index contributed by atoms with van der Waals surface area (Å²) in [6, 6.07) is 0. The number of hydrogen-bond acceptors (Lipinski definition) is 6. The lowest BCUT2D eigenvalue weighted by molar-refractivity contribution is 0.269. The van der Waals surface area contributed by atoms with E-state index in [9.17, 15) is 16.8 Å². The van der Waals surface area contributed by atoms with Crippen molar-refractivity contribution in [2.75, 3.05) is 18.1 Å². The van der Waals surface area contributed by atoms with Crippen molar-refractivity contribution in [2.45, 2.75) is 30.3 Å². The third-order valence-electron chi connectivity index (χ3n) is 3.13. The Hall–Kier alpha value is -0.970. The molecule has 1 unspecified atom stereocenters. The van der Waals surface area contributed by atoms with E-state index in [0.717, 1.165) is 0 Å². The van der Waals surface area contributed by atoms with E-state index in [1.165, 1.54) is 17.1 Å². The van der Waals surface area contributed by atoms with Crippen LogP contribution in [0.25, 0.3) is 0 Å². The van der Waals surface area contributed by atoms with Gasteiger partial charge in [0.15, 0.2) is 9.84 Å². The van der Waals surface area contributed by atoms with E-state index in [1.807, 2.05) is 0 Å². The summed E-state index contributed by atoms with van der Waals surface area (Å²) in [6.45, 7) is 1.62. The second-order valence-corrected chi connectivity index (χ2v) is 9.04. The molecule has 20 heavy (non-hydrogen) atoms. The Kier molecular flexibility index (Phi) is 3.93. The molecule has 1 aromatic heterocycles. The molecular formula is C10H17N3O5S2. The van der Waals surface area contributed by atoms with Crippen molar-refractivity contribution in [3.8, 4) is 0 Å². The molecule has 0 aliphatic carbocycles. The predicted molar refractivity (Wildman–Crippen MR) is 71.3 cm³/mol. The van der Waals surface area contributed by atoms with Gasteiger partial charge in [0.2, 0.25) is 10.0 Å². The molecule has 1 aliphatic rings. The smallest absolute Gasteiger partial charge is 0.244 e. The second-order valence-electron chi connectivity index (χ2n) is 5.17. The van der Waals surface area contributed by atoms with E-state index < -0.39 is 25.4 Å². The van der Waals surface area contributed by atoms with Gasteiger partial charge < -0.3 is 5.11 Å². The Bertz CT molecular complexity index is 694. The maximum absolute atomic E-state index is 12.2. The first-order valence-corrected chi connectivity index (χ1v) is 9.34. The SMILES string of the molecule is CC1(NS(=O)(=O)c2cnn(CCO)c2)CCS(=O)(=O)C1. The fourth-order valence-electron chi connectivity index (χ4n) is 2.18. The molecule has 0 aromatic carbocycles. The molecule has 0 saturated carbocycles. The average molecular weight is 323 g/mol. The highest BCUT2D eigenvalue weighted by Crippen LogP contribution is 2.25. The van der Waals surface area contributed by atoms with Gasteiger partial charge >= 0.3 is 0 Å². The fraction of sp³-hybridized carbons (Fsp3) is 0.700. The quantitative estimate of drug-likeness (QED) is 0.697. The van der Waals surface area contributed by atoms with Crippen LogP contribution in [0.1, 0.15) is 13.3 Å². The highest BCUT2D eigenvalue weighted by molar-refractivity contribution is 7.92. The monoisotopic (exact) mass is 323 g/mol. The minimum absolute atomic E-state index is 0.0181. The topological polar surface area (TPSA) is 118 Å². The number of aliphatic hydroxyl groups is 1. The van der Waals surface area contributed by atoms with E-state index in [4.69, 9.17) is 5.11 Å². The van der Waals surface area contributed by atoms with Gasteiger partial charge in [0.25, 0.3) is 0 Å². The van der Waals surface area contributed by atoms with Crippen molar-refractivity contribution in [1.82, 2.24) is 14.5 Å². The lowest BCUT2D eigenvalue weighted by Crippen LogP contribution is -2.46. The molecule has 1 saturated heterocycles. The van der Waals surface area contributed by atoms with Crippen molar-refractivity contribution in [1.29, 1.82) is 0 Å². The summed E-state index contributed by atoms with van der Waals surface area (Å²) in [6.07, 6.45) is 2.72. The lowest BCUT2D eigenvalue weighted by atomic mass is 10.0. The van der Waals surface area contributed by atoms with Gasteiger partial charge in [-0.3, -0.25) is 4.68 Å². The number of hydrogen-bond donors (Lipinski definition) is 2. The highest BCUT2D eigenvalue weighted by atomic mass is 32.2. The van der Waals surface area contributed by atoms with Gasteiger partial charge in [-0.15, -0.1) is 0 Å². The molecule has 0 radical (unpaired) electrons. The molecule has 1 aliphatic heterocycles. The van der Waals surface area contributed by atoms with Crippen molar-refractivity contribution in [2.24, 2.45) is 0 Å². The van der Waals surface area contributed by atoms with Crippen molar-refractivity contribution in [3.05, 3.63) is 12.4 Å². The van der Waals surface area contributed by atoms with Gasteiger partial charge in [0.05, 0.1) is 30.9 Å². The van der Waals surface area contributed by atoms with Crippen LogP contribution in [-0.4, -0.2) is 55.4 Å². The van der Waals surface area contributed by atoms with Gasteiger partial charge in [-0.25, -0.2) is 21.6 Å². The summed E-state index contributed by atoms with van der Waals surface area (Å²) in [5, 5.41) is 12.6. The van der Waals surface area contributed by atoms with Crippen LogP contribution < -0.4 is 4.72 Å². The molecule has 1 fully saturated rings. The Morgan fingerprint density at radius 2 is 2.25 bits per heavy atom. The molecule has 8 nitrogen and oxygen atoms in total. The summed E-state index contributed by atoms with van der Waals surface area (Å²) < 4.78 is 51.1. The van der Waals surface area contributed by atoms with E-state index >= 15 is 0 Å². The first-order chi connectivity index (χ1) is 9.16. The zero-order chi connectivity index (χ0) is 15.0. The lowest BCUT2D eigenvalue weighted by Gasteiger charge is -2.22. The van der Waals surface area contributed by atoms with Gasteiger partial charge in [0, 0.05) is 11.7 Å². The van der Waals surface area contributed by atoms with E-state index in [0.29, 0.717) is 0 Å². The van der Waals surface area contributed by atoms with Crippen molar-refractivity contribution in [3.63, 3.8) is 0 Å². The van der Waals surface area contributed by atoms with Crippen molar-refractivity contribution < 1.29 is 21.9 Å². The molecule has 0 bridgehead atoms. The van der Waals surface area contributed by atoms with Crippen LogP contribution in [0.3, 0.4) is 0 Å². The molecule has 0 amide bonds. The first kappa shape index (κ1) is 15.4. The van der Waals surface area contributed by atoms with E-state index in [1.54, 1.807) is 6.92 Å². The number of aromatic nitrogens is 2. The highest BCUT2D eigenvalue weighted by Gasteiger charge is 2.41. The first-order valence-electron chi connectivity index (χ1n) is 6.04. The van der Waals surface area contributed by atoms with Gasteiger partial charge in [0.1, 0.15) is 4.90 Å². The number of nitrogens with one attached hydrogen (secondary N) is 1. The molecule has 2 heterocycles. The van der Waals surface area contributed by atoms with Gasteiger partial charge in [-0.1, -0.05) is 0 Å². The summed E-state index contributed by atoms with van der Waals surface area (Å²) in [4.78, 5) is -0.0449. The molecule has 1 aromatic rings. The molecule has 2 N–H and O–H groups in total. The summed E-state index contributed by atoms with van der Waals surface area (Å²) in [5.74, 6) is -0.222. The van der Waals surface area contributed by atoms with Crippen molar-refractivity contribution >= 4 is 19.9 Å². The normalized spacial score (nSPS) is 25.9. The van der Waals surface area contributed by atoms with Crippen LogP contribution in [0.5, 0.6) is 0 Å². The molecule has 1 atom stereocenters. The van der Waals surface area contributed by atoms with Gasteiger partial charge in [-0.05, 0) is 13.3 Å². The largest absolute Gasteiger partial charge is 0.394 e. The number of nitrogens with zero attached hydrogens (tertiary/aromatic N) is 2. The third kappa shape index (κ3) is 3.37. The van der Waals surface area contributed by atoms with Crippen LogP contribution in [0.4, 0.5) is 0 Å². The summed E-state index contributed by atoms with van der Waals surface area (Å²) in [7, 11) is -7.02. The maximum atomic E-state index is 12.2. The summed E-state index contributed by atoms with van der Waals surface area (Å²) >= 11 is 0. The minimum atomic E-state index is -3.83. The number of sulfonamides is 1. The van der Waals surface area contributed by atoms with Crippen LogP contribution in [0, 0.1) is 0 Å². The Morgan fingerprint density at radius 3 is 2.80 bits per heavy atom. The van der Waals surface area contributed by atoms with E-state index in [2.05, 4.69) is 9.82 Å². The average Bonchev–Trinajstić information content (AvgIpc) is 2.84. The zero-order valence-corrected chi connectivity index (χ0v) is 12.6. The fourth-order valence-corrected chi connectivity index (χ4v) is 5.75. The minimum Gasteiger partial charge on any atom is -0.394 e. The Balaban J connectivity index is 2.19. The van der Waals surface area contributed by atoms with Crippen LogP contribution >= 0.6 is 0 Å². The summed E-state index contributed by atoms with van der Waals surface area (Å²) in [5.41, 5.74) is -0.989. The molecule has 10 heteroatoms. The number of sulfone groups is 1. The molecular weight excluding hydrogens is 306 g/mol. The van der Waals surface area contributed by atoms with E-state index in [-0.39, 0.29) is 36.0 Å². The number of aliphatic hydroxyl groups excluding tert-OH is 1. The number of rotatable bonds is 5. The zero-order valence-electron chi connectivity index (χ0n) is 11.0. The van der Waals surface area contributed by atoms with Crippen LogP contribution in [-0.2, 0) is 26.4 Å². The Morgan fingerprint density at radius 1 is 1.55 bits per heavy atom. The third-order valence-corrected chi connectivity index (χ3v) is 6.63. The van der Waals surface area contributed by atoms with Gasteiger partial charge in [-0.2, -0.15) is 5.10 Å². The Labute approximate surface area is 117 Å². The standard InChI is InChI=1S/C10H17N3O5S2/c1-10(2-5-19(15,16)8-10)12-20(17,18)9-6-11-13(7-9)3-4-14/h6-7,12,14H,2-5,8H2,1H3. The molecule has 114 valence electrons. The second kappa shape index (κ2) is 5.10.